The third kappa shape index (κ3) is 6.59. The maximum atomic E-state index is 15.2. The number of nitrogens with zero attached hydrogens (tertiary/aromatic N) is 6. The van der Waals surface area contributed by atoms with Crippen LogP contribution in [0.2, 0.25) is 5.02 Å². The third-order valence-corrected chi connectivity index (χ3v) is 13.4. The number of pyridine rings is 1. The number of hydrogen-bond donors (Lipinski definition) is 4. The number of carbonyl (C=O) groups is 2. The Labute approximate surface area is 343 Å². The number of aromatic nitrogens is 5. The van der Waals surface area contributed by atoms with Crippen molar-refractivity contribution in [3.63, 3.8) is 0 Å². The number of halogens is 3. The Morgan fingerprint density at radius 2 is 1.78 bits per heavy atom. The number of fused-ring (bicyclic) bond motifs is 4. The SMILES string of the molecule is CC1CC2(CCC1Nc1ccc3c(C4CCC(=O)NC4=O)nn(C)c3c1)CN(c1ncc(Cl)c(Nc3ccc4c(c3)c3c(c(=O)n4C)OCC(F)(F)C(C4CC4)N3)n1)C2. The van der Waals surface area contributed by atoms with Gasteiger partial charge in [0, 0.05) is 67.2 Å². The Balaban J connectivity index is 0.814. The first-order valence-corrected chi connectivity index (χ1v) is 20.7. The van der Waals surface area contributed by atoms with Gasteiger partial charge in [-0.25, -0.2) is 13.8 Å². The van der Waals surface area contributed by atoms with Crippen LogP contribution in [0, 0.1) is 17.3 Å². The predicted molar refractivity (Wildman–Crippen MR) is 221 cm³/mol. The fourth-order valence-electron chi connectivity index (χ4n) is 9.90. The summed E-state index contributed by atoms with van der Waals surface area (Å²) in [5.74, 6) is -3.01. The van der Waals surface area contributed by atoms with Crippen LogP contribution in [0.1, 0.15) is 63.5 Å². The zero-order valence-electron chi connectivity index (χ0n) is 32.9. The summed E-state index contributed by atoms with van der Waals surface area (Å²) in [6.07, 6.45) is 6.85. The Morgan fingerprint density at radius 1 is 0.983 bits per heavy atom. The Kier molecular flexibility index (Phi) is 8.82. The van der Waals surface area contributed by atoms with Gasteiger partial charge in [0.1, 0.15) is 5.02 Å². The second-order valence-electron chi connectivity index (χ2n) is 17.4. The minimum atomic E-state index is -3.13. The summed E-state index contributed by atoms with van der Waals surface area (Å²) in [6.45, 7) is 3.08. The molecule has 4 unspecified atom stereocenters. The smallest absolute Gasteiger partial charge is 0.301 e. The van der Waals surface area contributed by atoms with Gasteiger partial charge in [-0.15, -0.1) is 0 Å². The molecule has 2 amide bonds. The molecule has 5 aromatic rings. The molecule has 6 heterocycles. The molecule has 5 aliphatic rings. The van der Waals surface area contributed by atoms with Gasteiger partial charge in [0.05, 0.1) is 40.6 Å². The topological polar surface area (TPSA) is 160 Å². The van der Waals surface area contributed by atoms with Crippen molar-refractivity contribution in [2.45, 2.75) is 75.8 Å². The standard InChI is InChI=1S/C42H45ClF2N10O4/c1-21-16-41(13-12-29(21)47-24-6-8-25-31(15-24)54(3)52-33(25)26-9-11-32(56)49-38(26)57)18-55(19-41)40-46-17-28(43)37(51-40)48-23-7-10-30-27(14-23)34-35(39(58)53(30)2)59-20-42(44,45)36(50-34)22-4-5-22/h6-8,10,14-15,17,21-22,26,29,36,47,50H,4-5,9,11-13,16,18-20H2,1-3H3,(H,46,48,51)(H,49,56,57). The molecular weight excluding hydrogens is 782 g/mol. The molecule has 2 saturated heterocycles. The largest absolute Gasteiger partial charge is 0.480 e. The second kappa shape index (κ2) is 13.8. The maximum Gasteiger partial charge on any atom is 0.301 e. The van der Waals surface area contributed by atoms with E-state index in [2.05, 4.69) is 50.2 Å². The van der Waals surface area contributed by atoms with Crippen molar-refractivity contribution in [1.29, 1.82) is 0 Å². The third-order valence-electron chi connectivity index (χ3n) is 13.2. The maximum absolute atomic E-state index is 15.2. The molecular formula is C42H45ClF2N10O4. The summed E-state index contributed by atoms with van der Waals surface area (Å²) in [6, 6.07) is 10.7. The first-order valence-electron chi connectivity index (χ1n) is 20.3. The van der Waals surface area contributed by atoms with E-state index >= 15 is 8.78 Å². The lowest BCUT2D eigenvalue weighted by Gasteiger charge is -2.55. The van der Waals surface area contributed by atoms with Crippen molar-refractivity contribution in [2.24, 2.45) is 31.3 Å². The average molecular weight is 827 g/mol. The molecule has 3 aliphatic heterocycles. The molecule has 4 N–H and O–H groups in total. The minimum absolute atomic E-state index is 0.110. The Hall–Kier alpha value is -5.51. The van der Waals surface area contributed by atoms with Crippen LogP contribution in [0.3, 0.4) is 0 Å². The van der Waals surface area contributed by atoms with E-state index in [0.717, 1.165) is 48.9 Å². The van der Waals surface area contributed by atoms with Crippen molar-refractivity contribution in [3.8, 4) is 5.75 Å². The number of hydrogen-bond acceptors (Lipinski definition) is 11. The lowest BCUT2D eigenvalue weighted by atomic mass is 9.64. The summed E-state index contributed by atoms with van der Waals surface area (Å²) in [5, 5.41) is 19.1. The van der Waals surface area contributed by atoms with E-state index in [0.29, 0.717) is 70.7 Å². The van der Waals surface area contributed by atoms with Crippen LogP contribution in [0.25, 0.3) is 21.8 Å². The second-order valence-corrected chi connectivity index (χ2v) is 17.8. The summed E-state index contributed by atoms with van der Waals surface area (Å²) in [5.41, 5.74) is 3.78. The molecule has 59 heavy (non-hydrogen) atoms. The van der Waals surface area contributed by atoms with Gasteiger partial charge in [0.2, 0.25) is 23.5 Å². The molecule has 3 aromatic heterocycles. The summed E-state index contributed by atoms with van der Waals surface area (Å²) in [7, 11) is 3.48. The highest BCUT2D eigenvalue weighted by Gasteiger charge is 2.51. The molecule has 2 aromatic carbocycles. The van der Waals surface area contributed by atoms with Gasteiger partial charge >= 0.3 is 5.92 Å². The summed E-state index contributed by atoms with van der Waals surface area (Å²) in [4.78, 5) is 49.1. The normalized spacial score (nSPS) is 24.8. The van der Waals surface area contributed by atoms with E-state index in [1.165, 1.54) is 4.57 Å². The number of anilines is 5. The first kappa shape index (κ1) is 37.7. The number of benzene rings is 2. The highest BCUT2D eigenvalue weighted by atomic mass is 35.5. The zero-order valence-corrected chi connectivity index (χ0v) is 33.7. The van der Waals surface area contributed by atoms with Crippen LogP contribution >= 0.6 is 11.6 Å². The Morgan fingerprint density at radius 3 is 2.54 bits per heavy atom. The van der Waals surface area contributed by atoms with E-state index < -0.39 is 30.0 Å². The quantitative estimate of drug-likeness (QED) is 0.134. The lowest BCUT2D eigenvalue weighted by molar-refractivity contribution is -0.134. The molecule has 10 rings (SSSR count). The van der Waals surface area contributed by atoms with Crippen molar-refractivity contribution in [3.05, 3.63) is 63.7 Å². The van der Waals surface area contributed by atoms with Crippen molar-refractivity contribution < 1.29 is 23.1 Å². The average Bonchev–Trinajstić information content (AvgIpc) is 4.00. The van der Waals surface area contributed by atoms with Crippen LogP contribution in [0.5, 0.6) is 5.75 Å². The molecule has 14 nitrogen and oxygen atoms in total. The van der Waals surface area contributed by atoms with E-state index in [9.17, 15) is 14.4 Å². The van der Waals surface area contributed by atoms with Crippen molar-refractivity contribution >= 4 is 74.0 Å². The van der Waals surface area contributed by atoms with Crippen LogP contribution in [0.4, 0.5) is 37.6 Å². The Bertz CT molecular complexity index is 2620. The molecule has 4 fully saturated rings. The number of ether oxygens (including phenoxy) is 1. The number of amides is 2. The van der Waals surface area contributed by atoms with Crippen LogP contribution in [-0.2, 0) is 23.7 Å². The summed E-state index contributed by atoms with van der Waals surface area (Å²) >= 11 is 6.63. The number of alkyl halides is 2. The monoisotopic (exact) mass is 826 g/mol. The first-order chi connectivity index (χ1) is 28.3. The molecule has 0 bridgehead atoms. The van der Waals surface area contributed by atoms with Gasteiger partial charge < -0.3 is 30.2 Å². The predicted octanol–water partition coefficient (Wildman–Crippen LogP) is 6.46. The molecule has 0 radical (unpaired) electrons. The number of rotatable bonds is 7. The number of piperidine rings is 1. The zero-order chi connectivity index (χ0) is 41.0. The molecule has 308 valence electrons. The highest BCUT2D eigenvalue weighted by molar-refractivity contribution is 6.33. The van der Waals surface area contributed by atoms with Gasteiger partial charge in [0.15, 0.2) is 12.4 Å². The van der Waals surface area contributed by atoms with Gasteiger partial charge in [-0.1, -0.05) is 18.5 Å². The van der Waals surface area contributed by atoms with Crippen molar-refractivity contribution in [1.82, 2.24) is 29.6 Å². The van der Waals surface area contributed by atoms with Gasteiger partial charge in [-0.05, 0) is 86.8 Å². The van der Waals surface area contributed by atoms with E-state index in [4.69, 9.17) is 26.4 Å². The van der Waals surface area contributed by atoms with Gasteiger partial charge in [0.25, 0.3) is 5.56 Å². The van der Waals surface area contributed by atoms with E-state index in [1.807, 2.05) is 17.8 Å². The van der Waals surface area contributed by atoms with Crippen LogP contribution in [-0.4, -0.2) is 73.8 Å². The van der Waals surface area contributed by atoms with Gasteiger partial charge in [-0.2, -0.15) is 10.1 Å². The molecule has 4 atom stereocenters. The van der Waals surface area contributed by atoms with E-state index in [1.54, 1.807) is 31.4 Å². The fraction of sp³-hybridized carbons (Fsp3) is 0.476. The molecule has 1 spiro atoms. The minimum Gasteiger partial charge on any atom is -0.480 e. The van der Waals surface area contributed by atoms with Crippen LogP contribution in [0.15, 0.2) is 47.4 Å². The van der Waals surface area contributed by atoms with Gasteiger partial charge in [-0.3, -0.25) is 24.4 Å². The van der Waals surface area contributed by atoms with Crippen molar-refractivity contribution in [2.75, 3.05) is 40.5 Å². The van der Waals surface area contributed by atoms with E-state index in [-0.39, 0.29) is 40.6 Å². The number of carbonyl (C=O) groups excluding carboxylic acids is 2. The number of nitrogens with one attached hydrogen (secondary N) is 4. The number of imide groups is 1. The number of aryl methyl sites for hydroxylation is 2. The highest BCUT2D eigenvalue weighted by Crippen LogP contribution is 2.49. The lowest BCUT2D eigenvalue weighted by Crippen LogP contribution is -2.60. The molecule has 2 aliphatic carbocycles. The van der Waals surface area contributed by atoms with Crippen LogP contribution < -0.4 is 36.5 Å². The summed E-state index contributed by atoms with van der Waals surface area (Å²) < 4.78 is 39.1. The molecule has 2 saturated carbocycles. The molecule has 17 heteroatoms. The fourth-order valence-corrected chi connectivity index (χ4v) is 10.0.